The van der Waals surface area contributed by atoms with Gasteiger partial charge in [0.15, 0.2) is 0 Å². The van der Waals surface area contributed by atoms with Crippen LogP contribution in [0.2, 0.25) is 0 Å². The van der Waals surface area contributed by atoms with E-state index in [0.29, 0.717) is 6.54 Å². The van der Waals surface area contributed by atoms with Crippen LogP contribution in [0.4, 0.5) is 0 Å². The van der Waals surface area contributed by atoms with E-state index in [0.717, 1.165) is 53.6 Å². The highest BCUT2D eigenvalue weighted by atomic mass is 16.5. The van der Waals surface area contributed by atoms with Crippen molar-refractivity contribution in [1.82, 2.24) is 10.2 Å². The van der Waals surface area contributed by atoms with Gasteiger partial charge in [-0.1, -0.05) is 84.9 Å². The Morgan fingerprint density at radius 3 is 2.54 bits per heavy atom. The molecule has 1 N–H and O–H groups in total. The molecule has 0 saturated carbocycles. The summed E-state index contributed by atoms with van der Waals surface area (Å²) in [4.78, 5) is 15.9. The van der Waals surface area contributed by atoms with Gasteiger partial charge < -0.3 is 15.0 Å². The highest BCUT2D eigenvalue weighted by Gasteiger charge is 2.24. The molecule has 178 valence electrons. The zero-order chi connectivity index (χ0) is 24.0. The second-order valence-electron chi connectivity index (χ2n) is 9.34. The summed E-state index contributed by atoms with van der Waals surface area (Å²) in [6, 6.07) is 32.7. The van der Waals surface area contributed by atoms with Crippen LogP contribution in [0.3, 0.4) is 0 Å². The number of ether oxygens (including phenoxy) is 1. The molecule has 0 spiro atoms. The van der Waals surface area contributed by atoms with Crippen molar-refractivity contribution in [3.05, 3.63) is 114 Å². The van der Waals surface area contributed by atoms with Crippen molar-refractivity contribution >= 4 is 16.7 Å². The Hall–Kier alpha value is -3.63. The van der Waals surface area contributed by atoms with Crippen LogP contribution in [0.25, 0.3) is 10.8 Å². The Kier molecular flexibility index (Phi) is 7.10. The Labute approximate surface area is 207 Å². The molecule has 4 aromatic rings. The van der Waals surface area contributed by atoms with Crippen molar-refractivity contribution in [3.8, 4) is 5.75 Å². The largest absolute Gasteiger partial charge is 0.488 e. The van der Waals surface area contributed by atoms with Crippen molar-refractivity contribution in [2.24, 2.45) is 0 Å². The van der Waals surface area contributed by atoms with E-state index in [1.807, 2.05) is 65.6 Å². The lowest BCUT2D eigenvalue weighted by atomic mass is 10.0. The lowest BCUT2D eigenvalue weighted by molar-refractivity contribution is 0.0668. The average Bonchev–Trinajstić information content (AvgIpc) is 3.32. The van der Waals surface area contributed by atoms with E-state index < -0.39 is 0 Å². The Balaban J connectivity index is 1.25. The van der Waals surface area contributed by atoms with Crippen LogP contribution in [0.1, 0.15) is 34.8 Å². The molecule has 4 nitrogen and oxygen atoms in total. The molecule has 1 amide bonds. The predicted molar refractivity (Wildman–Crippen MR) is 142 cm³/mol. The van der Waals surface area contributed by atoms with Gasteiger partial charge in [0.05, 0.1) is 0 Å². The molecule has 0 bridgehead atoms. The summed E-state index contributed by atoms with van der Waals surface area (Å²) in [5.74, 6) is 1.08. The van der Waals surface area contributed by atoms with E-state index >= 15 is 0 Å². The van der Waals surface area contributed by atoms with E-state index in [2.05, 4.69) is 48.6 Å². The smallest absolute Gasteiger partial charge is 0.255 e. The van der Waals surface area contributed by atoms with Gasteiger partial charge in [-0.15, -0.1) is 0 Å². The highest BCUT2D eigenvalue weighted by Crippen LogP contribution is 2.28. The number of para-hydroxylation sites is 1. The molecule has 0 fully saturated rings. The Morgan fingerprint density at radius 2 is 1.69 bits per heavy atom. The van der Waals surface area contributed by atoms with E-state index in [1.165, 1.54) is 5.56 Å². The molecule has 5 rings (SSSR count). The first-order chi connectivity index (χ1) is 17.2. The van der Waals surface area contributed by atoms with E-state index in [-0.39, 0.29) is 18.1 Å². The molecule has 0 radical (unpaired) electrons. The van der Waals surface area contributed by atoms with Crippen LogP contribution in [0, 0.1) is 0 Å². The zero-order valence-corrected chi connectivity index (χ0v) is 20.2. The lowest BCUT2D eigenvalue weighted by Gasteiger charge is -2.30. The molecular formula is C31H32N2O2. The van der Waals surface area contributed by atoms with Gasteiger partial charge in [-0.2, -0.15) is 0 Å². The summed E-state index contributed by atoms with van der Waals surface area (Å²) in [6.45, 7) is 4.36. The third-order valence-electron chi connectivity index (χ3n) is 6.83. The molecule has 0 saturated heterocycles. The molecule has 4 aromatic carbocycles. The van der Waals surface area contributed by atoms with Gasteiger partial charge in [-0.25, -0.2) is 0 Å². The van der Waals surface area contributed by atoms with Crippen LogP contribution >= 0.6 is 0 Å². The van der Waals surface area contributed by atoms with Gasteiger partial charge in [-0.05, 0) is 53.9 Å². The van der Waals surface area contributed by atoms with Crippen LogP contribution in [0.15, 0.2) is 97.1 Å². The normalized spacial score (nSPS) is 15.4. The molecule has 1 aliphatic heterocycles. The summed E-state index contributed by atoms with van der Waals surface area (Å²) in [5, 5.41) is 5.65. The minimum Gasteiger partial charge on any atom is -0.488 e. The fourth-order valence-electron chi connectivity index (χ4n) is 4.87. The number of fused-ring (bicyclic) bond motifs is 2. The van der Waals surface area contributed by atoms with Gasteiger partial charge in [0.1, 0.15) is 11.9 Å². The van der Waals surface area contributed by atoms with Crippen LogP contribution in [-0.2, 0) is 13.0 Å². The summed E-state index contributed by atoms with van der Waals surface area (Å²) in [6.07, 6.45) is 1.97. The lowest BCUT2D eigenvalue weighted by Crippen LogP contribution is -2.40. The predicted octanol–water partition coefficient (Wildman–Crippen LogP) is 5.85. The van der Waals surface area contributed by atoms with Gasteiger partial charge in [0.2, 0.25) is 0 Å². The third-order valence-corrected chi connectivity index (χ3v) is 6.83. The maximum Gasteiger partial charge on any atom is 0.255 e. The molecule has 1 aliphatic rings. The number of carbonyl (C=O) groups excluding carboxylic acids is 1. The van der Waals surface area contributed by atoms with E-state index in [4.69, 9.17) is 4.74 Å². The summed E-state index contributed by atoms with van der Waals surface area (Å²) >= 11 is 0. The maximum atomic E-state index is 13.9. The topological polar surface area (TPSA) is 41.6 Å². The van der Waals surface area contributed by atoms with Crippen molar-refractivity contribution in [2.75, 3.05) is 13.1 Å². The number of nitrogens with zero attached hydrogens (tertiary/aromatic N) is 1. The number of hydrogen-bond acceptors (Lipinski definition) is 3. The molecule has 0 aromatic heterocycles. The van der Waals surface area contributed by atoms with Gasteiger partial charge in [0.25, 0.3) is 5.91 Å². The van der Waals surface area contributed by atoms with Crippen molar-refractivity contribution in [1.29, 1.82) is 0 Å². The molecule has 1 heterocycles. The molecule has 35 heavy (non-hydrogen) atoms. The van der Waals surface area contributed by atoms with Gasteiger partial charge in [0, 0.05) is 31.1 Å². The molecule has 0 aliphatic carbocycles. The third kappa shape index (κ3) is 5.39. The molecular weight excluding hydrogens is 432 g/mol. The number of benzene rings is 4. The summed E-state index contributed by atoms with van der Waals surface area (Å²) < 4.78 is 6.05. The Morgan fingerprint density at radius 1 is 0.943 bits per heavy atom. The second-order valence-corrected chi connectivity index (χ2v) is 9.34. The maximum absolute atomic E-state index is 13.9. The van der Waals surface area contributed by atoms with E-state index in [9.17, 15) is 4.79 Å². The van der Waals surface area contributed by atoms with E-state index in [1.54, 1.807) is 0 Å². The van der Waals surface area contributed by atoms with Crippen LogP contribution < -0.4 is 10.1 Å². The van der Waals surface area contributed by atoms with Gasteiger partial charge in [-0.3, -0.25) is 4.79 Å². The second kappa shape index (κ2) is 10.7. The van der Waals surface area contributed by atoms with Crippen molar-refractivity contribution in [2.45, 2.75) is 38.5 Å². The van der Waals surface area contributed by atoms with Crippen molar-refractivity contribution < 1.29 is 9.53 Å². The van der Waals surface area contributed by atoms with Crippen LogP contribution in [0.5, 0.6) is 5.75 Å². The fraction of sp³-hybridized carbons (Fsp3) is 0.258. The minimum absolute atomic E-state index is 0.0766. The molecule has 4 heteroatoms. The number of amides is 1. The number of carbonyl (C=O) groups is 1. The Bertz CT molecular complexity index is 1260. The molecule has 2 unspecified atom stereocenters. The fourth-order valence-corrected chi connectivity index (χ4v) is 4.87. The standard InChI is InChI=1S/C31H32N2O2/c1-23(18-19-32-21-27-20-26-13-6-8-17-30(26)35-27)33(22-24-10-3-2-4-11-24)31(34)29-16-9-14-25-12-5-7-15-28(25)29/h2-17,23,27,32H,18-22H2,1H3. The van der Waals surface area contributed by atoms with Crippen LogP contribution in [-0.4, -0.2) is 36.0 Å². The highest BCUT2D eigenvalue weighted by molar-refractivity contribution is 6.07. The van der Waals surface area contributed by atoms with Crippen molar-refractivity contribution in [3.63, 3.8) is 0 Å². The summed E-state index contributed by atoms with van der Waals surface area (Å²) in [5.41, 5.74) is 3.18. The summed E-state index contributed by atoms with van der Waals surface area (Å²) in [7, 11) is 0. The number of hydrogen-bond donors (Lipinski definition) is 1. The van der Waals surface area contributed by atoms with Gasteiger partial charge >= 0.3 is 0 Å². The first-order valence-electron chi connectivity index (χ1n) is 12.5. The average molecular weight is 465 g/mol. The first-order valence-corrected chi connectivity index (χ1v) is 12.5. The number of rotatable bonds is 9. The number of nitrogens with one attached hydrogen (secondary N) is 1. The monoisotopic (exact) mass is 464 g/mol. The minimum atomic E-state index is 0.0766. The quantitative estimate of drug-likeness (QED) is 0.316. The molecule has 2 atom stereocenters. The first kappa shape index (κ1) is 23.1. The zero-order valence-electron chi connectivity index (χ0n) is 20.2. The SMILES string of the molecule is CC(CCNCC1Cc2ccccc2O1)N(Cc1ccccc1)C(=O)c1cccc2ccccc12.